The minimum atomic E-state index is -1.04. The highest BCUT2D eigenvalue weighted by atomic mass is 32.1. The summed E-state index contributed by atoms with van der Waals surface area (Å²) < 4.78 is 29.6. The zero-order valence-electron chi connectivity index (χ0n) is 16.7. The Kier molecular flexibility index (Phi) is 8.60. The minimum absolute atomic E-state index is 0.0161. The van der Waals surface area contributed by atoms with Crippen LogP contribution in [0.5, 0.6) is 0 Å². The molecule has 2 aromatic carbocycles. The molecule has 3 aromatic rings. The molecule has 1 amide bonds. The van der Waals surface area contributed by atoms with E-state index in [1.165, 1.54) is 23.7 Å². The van der Waals surface area contributed by atoms with E-state index in [0.717, 1.165) is 11.3 Å². The smallest absolute Gasteiger partial charge is 0.277 e. The van der Waals surface area contributed by atoms with E-state index < -0.39 is 36.9 Å². The summed E-state index contributed by atoms with van der Waals surface area (Å²) in [5.74, 6) is -2.26. The molecule has 0 unspecified atom stereocenters. The molecule has 3 rings (SSSR count). The molecule has 0 atom stereocenters. The molecule has 0 aliphatic rings. The molecular formula is C20H23F2N3O4S. The Hall–Kier alpha value is -2.66. The number of halogens is 2. The molecule has 1 aromatic heterocycles. The van der Waals surface area contributed by atoms with Crippen LogP contribution >= 0.6 is 11.3 Å². The molecule has 0 aliphatic carbocycles. The number of aromatic nitrogens is 1. The van der Waals surface area contributed by atoms with E-state index in [1.807, 2.05) is 13.8 Å². The van der Waals surface area contributed by atoms with Crippen LogP contribution in [-0.2, 0) is 4.84 Å². The molecule has 0 saturated heterocycles. The third-order valence-electron chi connectivity index (χ3n) is 3.92. The first-order chi connectivity index (χ1) is 14.4. The number of hydrogen-bond donors (Lipinski definition) is 4. The normalized spacial score (nSPS) is 10.7. The number of carbonyl (C=O) groups excluding carboxylic acids is 1. The number of hydrogen-bond acceptors (Lipinski definition) is 7. The van der Waals surface area contributed by atoms with Gasteiger partial charge in [0.1, 0.15) is 17.4 Å². The first-order valence-electron chi connectivity index (χ1n) is 9.21. The van der Waals surface area contributed by atoms with Crippen LogP contribution in [0.3, 0.4) is 0 Å². The predicted molar refractivity (Wildman–Crippen MR) is 112 cm³/mol. The lowest BCUT2D eigenvalue weighted by molar-refractivity contribution is -0.0618. The molecule has 1 heterocycles. The van der Waals surface area contributed by atoms with Crippen molar-refractivity contribution in [1.29, 1.82) is 0 Å². The van der Waals surface area contributed by atoms with Gasteiger partial charge in [-0.2, -0.15) is 0 Å². The molecule has 10 heteroatoms. The Morgan fingerprint density at radius 2 is 1.93 bits per heavy atom. The fourth-order valence-electron chi connectivity index (χ4n) is 2.44. The Morgan fingerprint density at radius 1 is 1.23 bits per heavy atom. The summed E-state index contributed by atoms with van der Waals surface area (Å²) in [5, 5.41) is 20.6. The van der Waals surface area contributed by atoms with Gasteiger partial charge in [0, 0.05) is 0 Å². The van der Waals surface area contributed by atoms with E-state index in [2.05, 4.69) is 15.8 Å². The van der Waals surface area contributed by atoms with Gasteiger partial charge >= 0.3 is 0 Å². The number of nitrogens with zero attached hydrogens (tertiary/aromatic N) is 1. The maximum Gasteiger partial charge on any atom is 0.277 e. The first kappa shape index (κ1) is 23.6. The molecule has 30 heavy (non-hydrogen) atoms. The molecule has 0 fully saturated rings. The summed E-state index contributed by atoms with van der Waals surface area (Å²) in [5.41, 5.74) is 3.78. The van der Waals surface area contributed by atoms with Crippen LogP contribution in [0.4, 0.5) is 20.2 Å². The molecule has 162 valence electrons. The van der Waals surface area contributed by atoms with Gasteiger partial charge in [0.2, 0.25) is 0 Å². The fourth-order valence-corrected chi connectivity index (χ4v) is 3.16. The standard InChI is InChI=1S/C18H17F2N3O4S.C2H6/c1-9-2-3-13(12(19)4-9)22-16-11(18(26)23-27-10(6-24)7-25)5-14-17(15(16)20)21-8-28-14;1-2/h2-5,8,10,22,24-25H,6-7H2,1H3,(H,23,26);1-2H3. The minimum Gasteiger partial charge on any atom is -0.393 e. The van der Waals surface area contributed by atoms with Crippen LogP contribution < -0.4 is 10.8 Å². The summed E-state index contributed by atoms with van der Waals surface area (Å²) in [6, 6.07) is 5.75. The van der Waals surface area contributed by atoms with Crippen LogP contribution in [0.25, 0.3) is 10.2 Å². The van der Waals surface area contributed by atoms with Crippen molar-refractivity contribution in [1.82, 2.24) is 10.5 Å². The number of benzene rings is 2. The number of aliphatic hydroxyl groups is 2. The van der Waals surface area contributed by atoms with Crippen molar-refractivity contribution in [3.05, 3.63) is 52.5 Å². The summed E-state index contributed by atoms with van der Waals surface area (Å²) in [6.45, 7) is 4.65. The molecule has 4 N–H and O–H groups in total. The van der Waals surface area contributed by atoms with Crippen LogP contribution in [0.1, 0.15) is 29.8 Å². The zero-order chi connectivity index (χ0) is 22.3. The highest BCUT2D eigenvalue weighted by Gasteiger charge is 2.22. The lowest BCUT2D eigenvalue weighted by Crippen LogP contribution is -2.34. The van der Waals surface area contributed by atoms with Crippen LogP contribution in [-0.4, -0.2) is 40.4 Å². The Labute approximate surface area is 176 Å². The van der Waals surface area contributed by atoms with Gasteiger partial charge in [-0.25, -0.2) is 19.2 Å². The quantitative estimate of drug-likeness (QED) is 0.419. The molecule has 0 radical (unpaired) electrons. The second kappa shape index (κ2) is 10.9. The maximum absolute atomic E-state index is 15.0. The average molecular weight is 439 g/mol. The summed E-state index contributed by atoms with van der Waals surface area (Å²) in [7, 11) is 0. The summed E-state index contributed by atoms with van der Waals surface area (Å²) in [6.07, 6.45) is -1.04. The average Bonchev–Trinajstić information content (AvgIpc) is 3.22. The van der Waals surface area contributed by atoms with Gasteiger partial charge in [-0.3, -0.25) is 9.63 Å². The lowest BCUT2D eigenvalue weighted by atomic mass is 10.1. The van der Waals surface area contributed by atoms with E-state index in [-0.39, 0.29) is 22.5 Å². The second-order valence-electron chi connectivity index (χ2n) is 5.96. The fraction of sp³-hybridized carbons (Fsp3) is 0.300. The number of amides is 1. The SMILES string of the molecule is CC.Cc1ccc(Nc2c(C(=O)NOC(CO)CO)cc3scnc3c2F)c(F)c1. The predicted octanol–water partition coefficient (Wildman–Crippen LogP) is 3.67. The largest absolute Gasteiger partial charge is 0.393 e. The Bertz CT molecular complexity index is 1010. The van der Waals surface area contributed by atoms with Crippen molar-refractivity contribution >= 4 is 38.8 Å². The van der Waals surface area contributed by atoms with Crippen LogP contribution in [0.15, 0.2) is 29.8 Å². The molecular weight excluding hydrogens is 416 g/mol. The lowest BCUT2D eigenvalue weighted by Gasteiger charge is -2.16. The number of thiazole rings is 1. The van der Waals surface area contributed by atoms with Gasteiger partial charge in [0.25, 0.3) is 5.91 Å². The van der Waals surface area contributed by atoms with Crippen LogP contribution in [0, 0.1) is 18.6 Å². The molecule has 7 nitrogen and oxygen atoms in total. The molecule has 0 aliphatic heterocycles. The van der Waals surface area contributed by atoms with Gasteiger partial charge in [-0.15, -0.1) is 11.3 Å². The van der Waals surface area contributed by atoms with Crippen molar-refractivity contribution in [3.8, 4) is 0 Å². The molecule has 0 saturated carbocycles. The maximum atomic E-state index is 15.0. The number of aliphatic hydroxyl groups excluding tert-OH is 2. The number of hydroxylamine groups is 1. The Morgan fingerprint density at radius 3 is 2.57 bits per heavy atom. The van der Waals surface area contributed by atoms with Crippen LogP contribution in [0.2, 0.25) is 0 Å². The van der Waals surface area contributed by atoms with Crippen molar-refractivity contribution in [2.45, 2.75) is 26.9 Å². The highest BCUT2D eigenvalue weighted by molar-refractivity contribution is 7.16. The van der Waals surface area contributed by atoms with E-state index in [4.69, 9.17) is 15.1 Å². The Balaban J connectivity index is 0.00000155. The monoisotopic (exact) mass is 439 g/mol. The van der Waals surface area contributed by atoms with Gasteiger partial charge in [-0.05, 0) is 30.7 Å². The van der Waals surface area contributed by atoms with Crippen molar-refractivity contribution in [2.24, 2.45) is 0 Å². The number of carbonyl (C=O) groups is 1. The summed E-state index contributed by atoms with van der Waals surface area (Å²) in [4.78, 5) is 21.4. The van der Waals surface area contributed by atoms with E-state index in [0.29, 0.717) is 10.3 Å². The zero-order valence-corrected chi connectivity index (χ0v) is 17.5. The van der Waals surface area contributed by atoms with Crippen molar-refractivity contribution in [3.63, 3.8) is 0 Å². The highest BCUT2D eigenvalue weighted by Crippen LogP contribution is 2.33. The van der Waals surface area contributed by atoms with Gasteiger partial charge in [0.15, 0.2) is 5.82 Å². The number of rotatable bonds is 7. The second-order valence-corrected chi connectivity index (χ2v) is 6.84. The molecule has 0 spiro atoms. The number of fused-ring (bicyclic) bond motifs is 1. The van der Waals surface area contributed by atoms with Crippen molar-refractivity contribution < 1.29 is 28.6 Å². The van der Waals surface area contributed by atoms with E-state index in [1.54, 1.807) is 13.0 Å². The number of nitrogens with one attached hydrogen (secondary N) is 2. The third-order valence-corrected chi connectivity index (χ3v) is 4.70. The number of anilines is 2. The van der Waals surface area contributed by atoms with E-state index in [9.17, 15) is 9.18 Å². The van der Waals surface area contributed by atoms with E-state index >= 15 is 4.39 Å². The van der Waals surface area contributed by atoms with Crippen molar-refractivity contribution in [2.75, 3.05) is 18.5 Å². The summed E-state index contributed by atoms with van der Waals surface area (Å²) >= 11 is 1.13. The van der Waals surface area contributed by atoms with Gasteiger partial charge < -0.3 is 15.5 Å². The third kappa shape index (κ3) is 5.28. The number of aryl methyl sites for hydroxylation is 1. The first-order valence-corrected chi connectivity index (χ1v) is 10.1. The van der Waals surface area contributed by atoms with Gasteiger partial charge in [-0.1, -0.05) is 19.9 Å². The topological polar surface area (TPSA) is 104 Å². The van der Waals surface area contributed by atoms with Gasteiger partial charge in [0.05, 0.1) is 40.4 Å². The molecule has 0 bridgehead atoms.